The lowest BCUT2D eigenvalue weighted by atomic mass is 10.2. The second-order valence-corrected chi connectivity index (χ2v) is 8.97. The lowest BCUT2D eigenvalue weighted by Gasteiger charge is -2.12. The molecule has 8 heteroatoms. The summed E-state index contributed by atoms with van der Waals surface area (Å²) in [6.07, 6.45) is 0.297. The Hall–Kier alpha value is -0.630. The van der Waals surface area contributed by atoms with E-state index in [-0.39, 0.29) is 21.4 Å². The van der Waals surface area contributed by atoms with E-state index in [0.717, 1.165) is 5.56 Å². The van der Waals surface area contributed by atoms with Crippen LogP contribution in [0.25, 0.3) is 0 Å². The molecule has 0 amide bonds. The molecule has 1 aliphatic rings. The first-order chi connectivity index (χ1) is 8.70. The van der Waals surface area contributed by atoms with Crippen molar-refractivity contribution >= 4 is 31.5 Å². The highest BCUT2D eigenvalue weighted by Gasteiger charge is 2.32. The van der Waals surface area contributed by atoms with Crippen LogP contribution >= 0.6 is 11.6 Å². The number of rotatable bonds is 3. The molecule has 1 saturated heterocycles. The Morgan fingerprint density at radius 3 is 2.58 bits per heavy atom. The molecular formula is C11H14ClNO4S2. The van der Waals surface area contributed by atoms with Crippen LogP contribution in [-0.2, 0) is 19.9 Å². The fourth-order valence-electron chi connectivity index (χ4n) is 1.99. The third kappa shape index (κ3) is 3.47. The van der Waals surface area contributed by atoms with E-state index in [2.05, 4.69) is 4.72 Å². The molecule has 1 aromatic carbocycles. The van der Waals surface area contributed by atoms with E-state index in [4.69, 9.17) is 11.6 Å². The third-order valence-corrected chi connectivity index (χ3v) is 6.70. The molecule has 1 atom stereocenters. The largest absolute Gasteiger partial charge is 0.242 e. The summed E-state index contributed by atoms with van der Waals surface area (Å²) >= 11 is 5.92. The highest BCUT2D eigenvalue weighted by Crippen LogP contribution is 2.23. The first-order valence-corrected chi connectivity index (χ1v) is 9.37. The number of nitrogens with one attached hydrogen (secondary N) is 1. The molecule has 0 bridgehead atoms. The van der Waals surface area contributed by atoms with E-state index in [1.165, 1.54) is 6.07 Å². The lowest BCUT2D eigenvalue weighted by molar-refractivity contribution is 0.562. The second kappa shape index (κ2) is 5.05. The minimum Gasteiger partial charge on any atom is -0.229 e. The van der Waals surface area contributed by atoms with Gasteiger partial charge in [0.05, 0.1) is 16.5 Å². The third-order valence-electron chi connectivity index (χ3n) is 2.93. The van der Waals surface area contributed by atoms with Crippen molar-refractivity contribution in [3.63, 3.8) is 0 Å². The SMILES string of the molecule is Cc1ccc(S(=O)(=O)N[C@@H]2CCS(=O)(=O)C2)c(Cl)c1. The van der Waals surface area contributed by atoms with Gasteiger partial charge in [0.25, 0.3) is 0 Å². The maximum Gasteiger partial charge on any atom is 0.242 e. The Labute approximate surface area is 117 Å². The first kappa shape index (κ1) is 14.8. The molecule has 1 heterocycles. The molecular weight excluding hydrogens is 310 g/mol. The van der Waals surface area contributed by atoms with Crippen LogP contribution in [0.5, 0.6) is 0 Å². The lowest BCUT2D eigenvalue weighted by Crippen LogP contribution is -2.35. The molecule has 1 aromatic rings. The van der Waals surface area contributed by atoms with Crippen molar-refractivity contribution < 1.29 is 16.8 Å². The molecule has 106 valence electrons. The molecule has 1 N–H and O–H groups in total. The van der Waals surface area contributed by atoms with Gasteiger partial charge < -0.3 is 0 Å². The van der Waals surface area contributed by atoms with Gasteiger partial charge in [0.2, 0.25) is 10.0 Å². The van der Waals surface area contributed by atoms with Gasteiger partial charge in [-0.2, -0.15) is 0 Å². The maximum absolute atomic E-state index is 12.1. The second-order valence-electron chi connectivity index (χ2n) is 4.66. The zero-order chi connectivity index (χ0) is 14.3. The Morgan fingerprint density at radius 2 is 2.05 bits per heavy atom. The molecule has 0 aliphatic carbocycles. The number of hydrogen-bond donors (Lipinski definition) is 1. The van der Waals surface area contributed by atoms with Gasteiger partial charge in [-0.05, 0) is 31.0 Å². The van der Waals surface area contributed by atoms with Gasteiger partial charge in [-0.1, -0.05) is 17.7 Å². The van der Waals surface area contributed by atoms with Crippen LogP contribution < -0.4 is 4.72 Å². The Balaban J connectivity index is 2.24. The summed E-state index contributed by atoms with van der Waals surface area (Å²) in [6.45, 7) is 1.80. The van der Waals surface area contributed by atoms with E-state index in [1.54, 1.807) is 19.1 Å². The molecule has 0 saturated carbocycles. The fourth-order valence-corrected chi connectivity index (χ4v) is 5.64. The van der Waals surface area contributed by atoms with Gasteiger partial charge in [0.15, 0.2) is 9.84 Å². The molecule has 1 aliphatic heterocycles. The van der Waals surface area contributed by atoms with E-state index in [9.17, 15) is 16.8 Å². The number of benzene rings is 1. The number of aryl methyl sites for hydroxylation is 1. The van der Waals surface area contributed by atoms with Crippen LogP contribution in [0.3, 0.4) is 0 Å². The molecule has 0 spiro atoms. The molecule has 0 unspecified atom stereocenters. The van der Waals surface area contributed by atoms with Gasteiger partial charge in [-0.15, -0.1) is 0 Å². The van der Waals surface area contributed by atoms with Crippen LogP contribution in [0, 0.1) is 6.92 Å². The van der Waals surface area contributed by atoms with Gasteiger partial charge in [0.1, 0.15) is 4.90 Å². The summed E-state index contributed by atoms with van der Waals surface area (Å²) in [5.41, 5.74) is 0.854. The maximum atomic E-state index is 12.1. The molecule has 0 aromatic heterocycles. The van der Waals surface area contributed by atoms with Crippen molar-refractivity contribution in [1.29, 1.82) is 0 Å². The van der Waals surface area contributed by atoms with Crippen LogP contribution in [0.4, 0.5) is 0 Å². The minimum absolute atomic E-state index is 0.0157. The van der Waals surface area contributed by atoms with Crippen LogP contribution in [0.2, 0.25) is 5.02 Å². The van der Waals surface area contributed by atoms with Crippen molar-refractivity contribution in [1.82, 2.24) is 4.72 Å². The van der Waals surface area contributed by atoms with E-state index in [1.807, 2.05) is 0 Å². The Morgan fingerprint density at radius 1 is 1.37 bits per heavy atom. The zero-order valence-corrected chi connectivity index (χ0v) is 12.6. The summed E-state index contributed by atoms with van der Waals surface area (Å²) in [5.74, 6) is -0.141. The number of sulfonamides is 1. The zero-order valence-electron chi connectivity index (χ0n) is 10.3. The summed E-state index contributed by atoms with van der Waals surface area (Å²) in [4.78, 5) is -0.0240. The first-order valence-electron chi connectivity index (χ1n) is 5.68. The number of sulfone groups is 1. The monoisotopic (exact) mass is 323 g/mol. The van der Waals surface area contributed by atoms with Gasteiger partial charge >= 0.3 is 0 Å². The van der Waals surface area contributed by atoms with E-state index < -0.39 is 25.9 Å². The Kier molecular flexibility index (Phi) is 3.92. The topological polar surface area (TPSA) is 80.3 Å². The van der Waals surface area contributed by atoms with Crippen LogP contribution in [-0.4, -0.2) is 34.4 Å². The number of hydrogen-bond acceptors (Lipinski definition) is 4. The molecule has 5 nitrogen and oxygen atoms in total. The average Bonchev–Trinajstić information content (AvgIpc) is 2.56. The summed E-state index contributed by atoms with van der Waals surface area (Å²) in [5, 5.41) is 0.133. The summed E-state index contributed by atoms with van der Waals surface area (Å²) in [7, 11) is -6.91. The standard InChI is InChI=1S/C11H14ClNO4S2/c1-8-2-3-11(10(12)6-8)19(16,17)13-9-4-5-18(14,15)7-9/h2-3,6,9,13H,4-5,7H2,1H3/t9-/m1/s1. The predicted octanol–water partition coefficient (Wildman–Crippen LogP) is 1.11. The van der Waals surface area contributed by atoms with Gasteiger partial charge in [-0.25, -0.2) is 21.6 Å². The highest BCUT2D eigenvalue weighted by atomic mass is 35.5. The predicted molar refractivity (Wildman–Crippen MR) is 73.6 cm³/mol. The minimum atomic E-state index is -3.79. The average molecular weight is 324 g/mol. The van der Waals surface area contributed by atoms with Crippen molar-refractivity contribution in [3.8, 4) is 0 Å². The van der Waals surface area contributed by atoms with Gasteiger partial charge in [-0.3, -0.25) is 0 Å². The Bertz CT molecular complexity index is 697. The highest BCUT2D eigenvalue weighted by molar-refractivity contribution is 7.92. The van der Waals surface area contributed by atoms with E-state index in [0.29, 0.717) is 6.42 Å². The summed E-state index contributed by atoms with van der Waals surface area (Å²) in [6, 6.07) is 4.05. The number of halogens is 1. The van der Waals surface area contributed by atoms with Crippen LogP contribution in [0.1, 0.15) is 12.0 Å². The van der Waals surface area contributed by atoms with E-state index >= 15 is 0 Å². The van der Waals surface area contributed by atoms with Crippen molar-refractivity contribution in [2.45, 2.75) is 24.3 Å². The van der Waals surface area contributed by atoms with Crippen molar-refractivity contribution in [3.05, 3.63) is 28.8 Å². The molecule has 2 rings (SSSR count). The molecule has 0 radical (unpaired) electrons. The smallest absolute Gasteiger partial charge is 0.229 e. The van der Waals surface area contributed by atoms with Crippen molar-refractivity contribution in [2.75, 3.05) is 11.5 Å². The normalized spacial score (nSPS) is 22.5. The van der Waals surface area contributed by atoms with Crippen molar-refractivity contribution in [2.24, 2.45) is 0 Å². The summed E-state index contributed by atoms with van der Waals surface area (Å²) < 4.78 is 49.3. The van der Waals surface area contributed by atoms with Gasteiger partial charge in [0, 0.05) is 6.04 Å². The molecule has 19 heavy (non-hydrogen) atoms. The molecule has 1 fully saturated rings. The fraction of sp³-hybridized carbons (Fsp3) is 0.455. The quantitative estimate of drug-likeness (QED) is 0.903. The van der Waals surface area contributed by atoms with Crippen LogP contribution in [0.15, 0.2) is 23.1 Å².